The van der Waals surface area contributed by atoms with E-state index in [1.807, 2.05) is 0 Å². The molecule has 0 aliphatic rings. The SMILES string of the molecule is O=C(O)/C=C/c1ccc(C(F)F)c(OC(F)(F)F)c1. The molecule has 0 radical (unpaired) electrons. The van der Waals surface area contributed by atoms with E-state index >= 15 is 0 Å². The number of alkyl halides is 5. The third-order valence-corrected chi connectivity index (χ3v) is 1.92. The van der Waals surface area contributed by atoms with Crippen molar-refractivity contribution < 1.29 is 36.6 Å². The topological polar surface area (TPSA) is 46.5 Å². The molecule has 0 saturated heterocycles. The third kappa shape index (κ3) is 4.94. The molecule has 0 aliphatic carbocycles. The summed E-state index contributed by atoms with van der Waals surface area (Å²) in [6.45, 7) is 0. The fraction of sp³-hybridized carbons (Fsp3) is 0.182. The predicted octanol–water partition coefficient (Wildman–Crippen LogP) is 3.62. The average molecular weight is 282 g/mol. The van der Waals surface area contributed by atoms with Crippen LogP contribution in [0.2, 0.25) is 0 Å². The molecule has 0 aliphatic heterocycles. The predicted molar refractivity (Wildman–Crippen MR) is 54.8 cm³/mol. The van der Waals surface area contributed by atoms with Crippen LogP contribution in [0.4, 0.5) is 22.0 Å². The number of carboxylic acids is 1. The Bertz CT molecular complexity index is 494. The first-order chi connectivity index (χ1) is 8.69. The number of benzene rings is 1. The summed E-state index contributed by atoms with van der Waals surface area (Å²) in [4.78, 5) is 10.2. The van der Waals surface area contributed by atoms with Gasteiger partial charge in [0.25, 0.3) is 6.43 Å². The Morgan fingerprint density at radius 2 is 1.95 bits per heavy atom. The molecular formula is C11H7F5O3. The van der Waals surface area contributed by atoms with Gasteiger partial charge >= 0.3 is 12.3 Å². The van der Waals surface area contributed by atoms with Crippen molar-refractivity contribution in [3.8, 4) is 5.75 Å². The summed E-state index contributed by atoms with van der Waals surface area (Å²) in [6.07, 6.45) is -6.64. The van der Waals surface area contributed by atoms with Gasteiger partial charge in [-0.3, -0.25) is 0 Å². The first-order valence-electron chi connectivity index (χ1n) is 4.78. The Labute approximate surface area is 103 Å². The Morgan fingerprint density at radius 3 is 2.42 bits per heavy atom. The standard InChI is InChI=1S/C11H7F5O3/c12-10(13)7-3-1-6(2-4-9(17)18)5-8(7)19-11(14,15)16/h1-5,10H,(H,17,18)/b4-2+. The Hall–Kier alpha value is -2.12. The maximum Gasteiger partial charge on any atom is 0.573 e. The van der Waals surface area contributed by atoms with E-state index in [2.05, 4.69) is 4.74 Å². The zero-order chi connectivity index (χ0) is 14.6. The highest BCUT2D eigenvalue weighted by Crippen LogP contribution is 2.33. The first kappa shape index (κ1) is 14.9. The maximum absolute atomic E-state index is 12.5. The Morgan fingerprint density at radius 1 is 1.32 bits per heavy atom. The monoisotopic (exact) mass is 282 g/mol. The lowest BCUT2D eigenvalue weighted by Gasteiger charge is -2.13. The summed E-state index contributed by atoms with van der Waals surface area (Å²) in [5.41, 5.74) is -0.934. The van der Waals surface area contributed by atoms with Crippen LogP contribution in [0, 0.1) is 0 Å². The number of halogens is 5. The fourth-order valence-corrected chi connectivity index (χ4v) is 1.22. The number of aliphatic carboxylic acids is 1. The Kier molecular flexibility index (Phi) is 4.47. The molecule has 1 rings (SSSR count). The van der Waals surface area contributed by atoms with Crippen LogP contribution in [0.1, 0.15) is 17.6 Å². The highest BCUT2D eigenvalue weighted by atomic mass is 19.4. The maximum atomic E-state index is 12.5. The lowest BCUT2D eigenvalue weighted by Crippen LogP contribution is -2.18. The molecule has 0 unspecified atom stereocenters. The number of carbonyl (C=O) groups is 1. The van der Waals surface area contributed by atoms with Gasteiger partial charge in [-0.2, -0.15) is 0 Å². The van der Waals surface area contributed by atoms with Crippen LogP contribution >= 0.6 is 0 Å². The number of rotatable bonds is 4. The van der Waals surface area contributed by atoms with Crippen molar-refractivity contribution in [2.24, 2.45) is 0 Å². The molecule has 8 heteroatoms. The van der Waals surface area contributed by atoms with Crippen molar-refractivity contribution >= 4 is 12.0 Å². The van der Waals surface area contributed by atoms with Gasteiger partial charge in [0, 0.05) is 6.08 Å². The van der Waals surface area contributed by atoms with Crippen LogP contribution in [0.3, 0.4) is 0 Å². The molecule has 1 aromatic carbocycles. The normalized spacial score (nSPS) is 12.1. The van der Waals surface area contributed by atoms with Gasteiger partial charge in [-0.1, -0.05) is 6.07 Å². The number of carboxylic acid groups (broad SMARTS) is 1. The van der Waals surface area contributed by atoms with Crippen LogP contribution < -0.4 is 4.74 Å². The molecule has 0 bridgehead atoms. The summed E-state index contributed by atoms with van der Waals surface area (Å²) in [5.74, 6) is -2.38. The van der Waals surface area contributed by atoms with Crippen molar-refractivity contribution in [1.82, 2.24) is 0 Å². The van der Waals surface area contributed by atoms with Crippen molar-refractivity contribution in [3.63, 3.8) is 0 Å². The highest BCUT2D eigenvalue weighted by Gasteiger charge is 2.33. The molecule has 0 amide bonds. The van der Waals surface area contributed by atoms with Gasteiger partial charge in [-0.25, -0.2) is 13.6 Å². The van der Waals surface area contributed by atoms with Crippen molar-refractivity contribution in [2.75, 3.05) is 0 Å². The van der Waals surface area contributed by atoms with Gasteiger partial charge in [0.2, 0.25) is 0 Å². The molecule has 0 fully saturated rings. The van der Waals surface area contributed by atoms with Gasteiger partial charge in [0.05, 0.1) is 5.56 Å². The quantitative estimate of drug-likeness (QED) is 0.677. The van der Waals surface area contributed by atoms with Crippen LogP contribution in [-0.2, 0) is 4.79 Å². The lowest BCUT2D eigenvalue weighted by atomic mass is 10.1. The number of hydrogen-bond donors (Lipinski definition) is 1. The van der Waals surface area contributed by atoms with Gasteiger partial charge < -0.3 is 9.84 Å². The van der Waals surface area contributed by atoms with Crippen molar-refractivity contribution in [3.05, 3.63) is 35.4 Å². The summed E-state index contributed by atoms with van der Waals surface area (Å²) in [6, 6.07) is 2.49. The minimum atomic E-state index is -5.11. The second-order valence-corrected chi connectivity index (χ2v) is 3.32. The van der Waals surface area contributed by atoms with E-state index in [0.717, 1.165) is 18.2 Å². The van der Waals surface area contributed by atoms with Crippen LogP contribution in [0.25, 0.3) is 6.08 Å². The second-order valence-electron chi connectivity index (χ2n) is 3.32. The van der Waals surface area contributed by atoms with E-state index in [-0.39, 0.29) is 5.56 Å². The summed E-state index contributed by atoms with van der Waals surface area (Å²) in [7, 11) is 0. The van der Waals surface area contributed by atoms with E-state index in [9.17, 15) is 26.7 Å². The molecule has 3 nitrogen and oxygen atoms in total. The largest absolute Gasteiger partial charge is 0.573 e. The number of ether oxygens (including phenoxy) is 1. The third-order valence-electron chi connectivity index (χ3n) is 1.92. The molecule has 0 heterocycles. The molecule has 0 atom stereocenters. The molecule has 0 saturated carbocycles. The fourth-order valence-electron chi connectivity index (χ4n) is 1.22. The molecule has 1 aromatic rings. The summed E-state index contributed by atoms with van der Waals surface area (Å²) < 4.78 is 64.6. The van der Waals surface area contributed by atoms with E-state index in [0.29, 0.717) is 12.1 Å². The van der Waals surface area contributed by atoms with E-state index in [1.165, 1.54) is 0 Å². The molecule has 104 valence electrons. The van der Waals surface area contributed by atoms with Gasteiger partial charge in [0.1, 0.15) is 5.75 Å². The van der Waals surface area contributed by atoms with Gasteiger partial charge in [-0.05, 0) is 23.8 Å². The van der Waals surface area contributed by atoms with E-state index < -0.39 is 30.1 Å². The van der Waals surface area contributed by atoms with Crippen molar-refractivity contribution in [1.29, 1.82) is 0 Å². The van der Waals surface area contributed by atoms with Crippen LogP contribution in [0.15, 0.2) is 24.3 Å². The molecule has 0 spiro atoms. The summed E-state index contributed by atoms with van der Waals surface area (Å²) in [5, 5.41) is 8.36. The lowest BCUT2D eigenvalue weighted by molar-refractivity contribution is -0.275. The van der Waals surface area contributed by atoms with E-state index in [1.54, 1.807) is 0 Å². The molecular weight excluding hydrogens is 275 g/mol. The second kappa shape index (κ2) is 5.68. The Balaban J connectivity index is 3.14. The van der Waals surface area contributed by atoms with Crippen molar-refractivity contribution in [2.45, 2.75) is 12.8 Å². The average Bonchev–Trinajstić information content (AvgIpc) is 2.23. The van der Waals surface area contributed by atoms with Gasteiger partial charge in [0.15, 0.2) is 0 Å². The summed E-state index contributed by atoms with van der Waals surface area (Å²) >= 11 is 0. The molecule has 19 heavy (non-hydrogen) atoms. The minimum Gasteiger partial charge on any atom is -0.478 e. The number of hydrogen-bond acceptors (Lipinski definition) is 2. The van der Waals surface area contributed by atoms with Gasteiger partial charge in [-0.15, -0.1) is 13.2 Å². The van der Waals surface area contributed by atoms with Crippen LogP contribution in [-0.4, -0.2) is 17.4 Å². The minimum absolute atomic E-state index is 0.00829. The zero-order valence-electron chi connectivity index (χ0n) is 9.12. The van der Waals surface area contributed by atoms with Crippen LogP contribution in [0.5, 0.6) is 5.75 Å². The smallest absolute Gasteiger partial charge is 0.478 e. The molecule has 1 N–H and O–H groups in total. The van der Waals surface area contributed by atoms with E-state index in [4.69, 9.17) is 5.11 Å². The highest BCUT2D eigenvalue weighted by molar-refractivity contribution is 5.85. The first-order valence-corrected chi connectivity index (χ1v) is 4.78. The molecule has 0 aromatic heterocycles. The zero-order valence-corrected chi connectivity index (χ0v) is 9.12.